The Balaban J connectivity index is 1.35. The molecule has 0 spiro atoms. The number of hydrogen-bond acceptors (Lipinski definition) is 6. The standard InChI is InChI=1S/C28H27BrN4O3/c1-35-24-10-11-26(36-2)22(17-24)12-14-30-28-31-15-13-25(33-28)20-6-8-21(9-7-20)27(34)32-18-19-4-3-5-23(29)16-19/h3-11,13,15-17H,12,14,18H2,1-2H3,(H,32,34)(H,30,31,33). The number of halogens is 1. The Hall–Kier alpha value is -3.91. The van der Waals surface area contributed by atoms with E-state index in [9.17, 15) is 4.79 Å². The third-order valence-electron chi connectivity index (χ3n) is 5.61. The van der Waals surface area contributed by atoms with Crippen LogP contribution in [0.15, 0.2) is 83.5 Å². The molecule has 36 heavy (non-hydrogen) atoms. The van der Waals surface area contributed by atoms with Crippen LogP contribution in [0.2, 0.25) is 0 Å². The summed E-state index contributed by atoms with van der Waals surface area (Å²) in [5.74, 6) is 2.01. The summed E-state index contributed by atoms with van der Waals surface area (Å²) >= 11 is 3.45. The van der Waals surface area contributed by atoms with Gasteiger partial charge in [0.05, 0.1) is 19.9 Å². The Morgan fingerprint density at radius 2 is 1.81 bits per heavy atom. The highest BCUT2D eigenvalue weighted by molar-refractivity contribution is 9.10. The summed E-state index contributed by atoms with van der Waals surface area (Å²) in [4.78, 5) is 21.5. The Labute approximate surface area is 219 Å². The number of ether oxygens (including phenoxy) is 2. The van der Waals surface area contributed by atoms with Crippen molar-refractivity contribution in [1.82, 2.24) is 15.3 Å². The Kier molecular flexibility index (Phi) is 8.52. The Morgan fingerprint density at radius 1 is 0.972 bits per heavy atom. The monoisotopic (exact) mass is 546 g/mol. The molecule has 1 aromatic heterocycles. The summed E-state index contributed by atoms with van der Waals surface area (Å²) in [7, 11) is 3.30. The number of aromatic nitrogens is 2. The number of nitrogens with one attached hydrogen (secondary N) is 2. The van der Waals surface area contributed by atoms with E-state index in [1.807, 2.05) is 60.7 Å². The number of anilines is 1. The van der Waals surface area contributed by atoms with Crippen molar-refractivity contribution in [1.29, 1.82) is 0 Å². The molecule has 0 saturated heterocycles. The molecule has 0 bridgehead atoms. The number of nitrogens with zero attached hydrogens (tertiary/aromatic N) is 2. The van der Waals surface area contributed by atoms with Crippen molar-refractivity contribution in [2.75, 3.05) is 26.1 Å². The average Bonchev–Trinajstić information content (AvgIpc) is 2.92. The van der Waals surface area contributed by atoms with Crippen LogP contribution in [0.5, 0.6) is 11.5 Å². The van der Waals surface area contributed by atoms with Gasteiger partial charge in [0.1, 0.15) is 11.5 Å². The first kappa shape index (κ1) is 25.2. The predicted molar refractivity (Wildman–Crippen MR) is 145 cm³/mol. The van der Waals surface area contributed by atoms with Crippen LogP contribution in [-0.4, -0.2) is 36.6 Å². The molecule has 0 aliphatic heterocycles. The maximum atomic E-state index is 12.6. The van der Waals surface area contributed by atoms with Gasteiger partial charge in [0, 0.05) is 34.9 Å². The maximum Gasteiger partial charge on any atom is 0.251 e. The fraction of sp³-hybridized carbons (Fsp3) is 0.179. The topological polar surface area (TPSA) is 85.4 Å². The minimum atomic E-state index is -0.125. The van der Waals surface area contributed by atoms with E-state index in [1.165, 1.54) is 0 Å². The molecular formula is C28H27BrN4O3. The van der Waals surface area contributed by atoms with Gasteiger partial charge in [0.15, 0.2) is 0 Å². The molecule has 3 aromatic carbocycles. The molecule has 7 nitrogen and oxygen atoms in total. The number of amides is 1. The second kappa shape index (κ2) is 12.2. The van der Waals surface area contributed by atoms with Crippen LogP contribution in [0.1, 0.15) is 21.5 Å². The van der Waals surface area contributed by atoms with Crippen LogP contribution in [0.3, 0.4) is 0 Å². The first-order valence-electron chi connectivity index (χ1n) is 11.5. The predicted octanol–water partition coefficient (Wildman–Crippen LogP) is 5.51. The van der Waals surface area contributed by atoms with Gasteiger partial charge in [0.2, 0.25) is 5.95 Å². The van der Waals surface area contributed by atoms with Crippen molar-refractivity contribution in [3.8, 4) is 22.8 Å². The van der Waals surface area contributed by atoms with Gasteiger partial charge >= 0.3 is 0 Å². The molecule has 0 unspecified atom stereocenters. The summed E-state index contributed by atoms with van der Waals surface area (Å²) < 4.78 is 11.7. The summed E-state index contributed by atoms with van der Waals surface area (Å²) in [6, 6.07) is 22.8. The normalized spacial score (nSPS) is 10.5. The molecule has 0 fully saturated rings. The fourth-order valence-electron chi connectivity index (χ4n) is 3.71. The smallest absolute Gasteiger partial charge is 0.251 e. The molecule has 2 N–H and O–H groups in total. The lowest BCUT2D eigenvalue weighted by molar-refractivity contribution is 0.0951. The van der Waals surface area contributed by atoms with Crippen molar-refractivity contribution in [2.24, 2.45) is 0 Å². The van der Waals surface area contributed by atoms with Gasteiger partial charge in [-0.25, -0.2) is 9.97 Å². The molecule has 0 saturated carbocycles. The lowest BCUT2D eigenvalue weighted by atomic mass is 10.1. The van der Waals surface area contributed by atoms with Gasteiger partial charge in [0.25, 0.3) is 5.91 Å². The number of carbonyl (C=O) groups excluding carboxylic acids is 1. The van der Waals surface area contributed by atoms with Crippen LogP contribution in [0.25, 0.3) is 11.3 Å². The van der Waals surface area contributed by atoms with Crippen LogP contribution in [0.4, 0.5) is 5.95 Å². The highest BCUT2D eigenvalue weighted by atomic mass is 79.9. The third-order valence-corrected chi connectivity index (χ3v) is 6.10. The maximum absolute atomic E-state index is 12.6. The molecule has 184 valence electrons. The quantitative estimate of drug-likeness (QED) is 0.273. The van der Waals surface area contributed by atoms with Crippen molar-refractivity contribution < 1.29 is 14.3 Å². The fourth-order valence-corrected chi connectivity index (χ4v) is 4.16. The van der Waals surface area contributed by atoms with Gasteiger partial charge in [-0.15, -0.1) is 0 Å². The van der Waals surface area contributed by atoms with E-state index in [0.29, 0.717) is 24.6 Å². The van der Waals surface area contributed by atoms with E-state index in [2.05, 4.69) is 36.5 Å². The molecule has 0 radical (unpaired) electrons. The SMILES string of the molecule is COc1ccc(OC)c(CCNc2nccc(-c3ccc(C(=O)NCc4cccc(Br)c4)cc3)n2)c1. The van der Waals surface area contributed by atoms with E-state index >= 15 is 0 Å². The van der Waals surface area contributed by atoms with E-state index in [-0.39, 0.29) is 5.91 Å². The molecule has 0 atom stereocenters. The van der Waals surface area contributed by atoms with Crippen LogP contribution < -0.4 is 20.1 Å². The van der Waals surface area contributed by atoms with Gasteiger partial charge in [-0.05, 0) is 66.1 Å². The zero-order valence-corrected chi connectivity index (χ0v) is 21.7. The molecule has 1 heterocycles. The summed E-state index contributed by atoms with van der Waals surface area (Å²) in [6.45, 7) is 1.09. The van der Waals surface area contributed by atoms with Crippen LogP contribution in [-0.2, 0) is 13.0 Å². The molecule has 4 aromatic rings. The minimum absolute atomic E-state index is 0.125. The number of benzene rings is 3. The zero-order valence-electron chi connectivity index (χ0n) is 20.1. The summed E-state index contributed by atoms with van der Waals surface area (Å²) in [6.07, 6.45) is 2.44. The lowest BCUT2D eigenvalue weighted by Gasteiger charge is -2.11. The molecular weight excluding hydrogens is 520 g/mol. The van der Waals surface area contributed by atoms with E-state index in [0.717, 1.165) is 44.8 Å². The summed E-state index contributed by atoms with van der Waals surface area (Å²) in [5, 5.41) is 6.22. The van der Waals surface area contributed by atoms with Crippen LogP contribution in [0, 0.1) is 0 Å². The van der Waals surface area contributed by atoms with Crippen molar-refractivity contribution >= 4 is 27.8 Å². The second-order valence-corrected chi connectivity index (χ2v) is 8.93. The number of hydrogen-bond donors (Lipinski definition) is 2. The van der Waals surface area contributed by atoms with Crippen molar-refractivity contribution in [3.63, 3.8) is 0 Å². The van der Waals surface area contributed by atoms with E-state index in [1.54, 1.807) is 32.5 Å². The highest BCUT2D eigenvalue weighted by Gasteiger charge is 2.09. The number of rotatable bonds is 10. The second-order valence-electron chi connectivity index (χ2n) is 8.01. The number of methoxy groups -OCH3 is 2. The van der Waals surface area contributed by atoms with Gasteiger partial charge < -0.3 is 20.1 Å². The van der Waals surface area contributed by atoms with E-state index in [4.69, 9.17) is 9.47 Å². The molecule has 0 aliphatic carbocycles. The molecule has 4 rings (SSSR count). The first-order valence-corrected chi connectivity index (χ1v) is 12.3. The van der Waals surface area contributed by atoms with Gasteiger partial charge in [-0.2, -0.15) is 0 Å². The highest BCUT2D eigenvalue weighted by Crippen LogP contribution is 2.24. The zero-order chi connectivity index (χ0) is 25.3. The molecule has 0 aliphatic rings. The van der Waals surface area contributed by atoms with Crippen molar-refractivity contribution in [2.45, 2.75) is 13.0 Å². The summed E-state index contributed by atoms with van der Waals surface area (Å²) in [5.41, 5.74) is 4.33. The first-order chi connectivity index (χ1) is 17.6. The Bertz CT molecular complexity index is 1330. The third kappa shape index (κ3) is 6.60. The van der Waals surface area contributed by atoms with E-state index < -0.39 is 0 Å². The largest absolute Gasteiger partial charge is 0.497 e. The van der Waals surface area contributed by atoms with Gasteiger partial charge in [-0.1, -0.05) is 40.2 Å². The van der Waals surface area contributed by atoms with Crippen molar-refractivity contribution in [3.05, 3.63) is 100 Å². The number of carbonyl (C=O) groups is 1. The van der Waals surface area contributed by atoms with Crippen LogP contribution >= 0.6 is 15.9 Å². The minimum Gasteiger partial charge on any atom is -0.497 e. The van der Waals surface area contributed by atoms with Gasteiger partial charge in [-0.3, -0.25) is 4.79 Å². The molecule has 1 amide bonds. The average molecular weight is 547 g/mol. The lowest BCUT2D eigenvalue weighted by Crippen LogP contribution is -2.22. The molecule has 8 heteroatoms. The Morgan fingerprint density at radius 3 is 2.56 bits per heavy atom.